The molecule has 6 amide bonds. The van der Waals surface area contributed by atoms with Crippen LogP contribution >= 0.6 is 0 Å². The molecule has 2 saturated carbocycles. The number of ketones is 1. The van der Waals surface area contributed by atoms with Crippen LogP contribution in [0.4, 0.5) is 0 Å². The smallest absolute Gasteiger partial charge is 0.289 e. The van der Waals surface area contributed by atoms with Crippen LogP contribution < -0.4 is 21.3 Å². The minimum Gasteiger partial charge on any atom is -0.347 e. The first kappa shape index (κ1) is 40.2. The summed E-state index contributed by atoms with van der Waals surface area (Å²) in [6.45, 7) is 7.94. The molecule has 4 heterocycles. The van der Waals surface area contributed by atoms with Crippen LogP contribution in [-0.2, 0) is 28.8 Å². The van der Waals surface area contributed by atoms with Gasteiger partial charge in [0.2, 0.25) is 29.4 Å². The number of nitrogens with zero attached hydrogens (tertiary/aromatic N) is 5. The zero-order valence-electron chi connectivity index (χ0n) is 32.8. The Morgan fingerprint density at radius 2 is 1.69 bits per heavy atom. The first-order chi connectivity index (χ1) is 26.2. The summed E-state index contributed by atoms with van der Waals surface area (Å²) < 4.78 is 0. The second-order valence-electron chi connectivity index (χ2n) is 17.1. The fraction of sp³-hybridized carbons (Fsp3) is 0.718. The Labute approximate surface area is 328 Å². The van der Waals surface area contributed by atoms with Crippen molar-refractivity contribution in [1.29, 1.82) is 0 Å². The first-order valence-electron chi connectivity index (χ1n) is 20.0. The number of fused-ring (bicyclic) bond motifs is 2. The Bertz CT molecular complexity index is 1680. The van der Waals surface area contributed by atoms with Crippen molar-refractivity contribution in [2.24, 2.45) is 11.3 Å². The summed E-state index contributed by atoms with van der Waals surface area (Å²) in [6.07, 6.45) is 12.3. The molecule has 1 aromatic rings. The Morgan fingerprint density at radius 1 is 0.964 bits per heavy atom. The summed E-state index contributed by atoms with van der Waals surface area (Å²) in [5.74, 6) is -3.91. The van der Waals surface area contributed by atoms with E-state index >= 15 is 4.79 Å². The number of nitrogens with one attached hydrogen (secondary N) is 4. The summed E-state index contributed by atoms with van der Waals surface area (Å²) in [5.41, 5.74) is -1.77. The number of aromatic nitrogens is 2. The van der Waals surface area contributed by atoms with Gasteiger partial charge in [0.05, 0.1) is 24.8 Å². The fourth-order valence-corrected chi connectivity index (χ4v) is 8.94. The van der Waals surface area contributed by atoms with E-state index in [-0.39, 0.29) is 54.7 Å². The number of carbonyl (C=O) groups excluding carboxylic acids is 7. The highest BCUT2D eigenvalue weighted by Crippen LogP contribution is 2.45. The van der Waals surface area contributed by atoms with Gasteiger partial charge in [-0.3, -0.25) is 43.4 Å². The Hall–Kier alpha value is -4.47. The summed E-state index contributed by atoms with van der Waals surface area (Å²) in [5, 5.41) is 11.4. The third-order valence-corrected chi connectivity index (χ3v) is 12.2. The van der Waals surface area contributed by atoms with Crippen LogP contribution in [0.25, 0.3) is 0 Å². The number of rotatable bonds is 13. The molecule has 3 aliphatic heterocycles. The normalized spacial score (nSPS) is 25.9. The highest BCUT2D eigenvalue weighted by atomic mass is 16.2. The highest BCUT2D eigenvalue weighted by molar-refractivity contribution is 6.38. The van der Waals surface area contributed by atoms with Crippen molar-refractivity contribution in [3.05, 3.63) is 24.3 Å². The molecule has 0 bridgehead atoms. The van der Waals surface area contributed by atoms with Gasteiger partial charge in [-0.2, -0.15) is 0 Å². The van der Waals surface area contributed by atoms with Crippen molar-refractivity contribution in [2.75, 3.05) is 20.1 Å². The lowest BCUT2D eigenvalue weighted by Crippen LogP contribution is -2.62. The minimum absolute atomic E-state index is 0. The molecule has 16 nitrogen and oxygen atoms in total. The molecular weight excluding hydrogens is 706 g/mol. The second kappa shape index (κ2) is 16.3. The lowest BCUT2D eigenvalue weighted by atomic mass is 9.82. The third-order valence-electron chi connectivity index (χ3n) is 12.2. The Morgan fingerprint density at radius 3 is 2.33 bits per heavy atom. The van der Waals surface area contributed by atoms with Crippen molar-refractivity contribution < 1.29 is 39.3 Å². The molecular formula is C39H65N9O7. The monoisotopic (exact) mass is 772 g/mol. The van der Waals surface area contributed by atoms with E-state index in [0.717, 1.165) is 51.4 Å². The van der Waals surface area contributed by atoms with Gasteiger partial charge in [0.25, 0.3) is 11.8 Å². The summed E-state index contributed by atoms with van der Waals surface area (Å²) in [6, 6.07) is -4.71. The Kier molecular flexibility index (Phi) is 11.9. The summed E-state index contributed by atoms with van der Waals surface area (Å²) >= 11 is 0. The maximum absolute atomic E-state index is 15.1. The number of Topliss-reactive ketones (excluding diaryl/α,β-unsaturated/α-hetero) is 1. The van der Waals surface area contributed by atoms with Crippen LogP contribution in [0.15, 0.2) is 18.6 Å². The lowest BCUT2D eigenvalue weighted by Gasteiger charge is -2.39. The van der Waals surface area contributed by atoms with E-state index in [1.54, 1.807) is 11.9 Å². The first-order valence-corrected chi connectivity index (χ1v) is 20.0. The molecule has 4 N–H and O–H groups in total. The van der Waals surface area contributed by atoms with Gasteiger partial charge in [0.1, 0.15) is 29.5 Å². The van der Waals surface area contributed by atoms with Gasteiger partial charge >= 0.3 is 0 Å². The molecule has 3 saturated heterocycles. The molecule has 6 rings (SSSR count). The van der Waals surface area contributed by atoms with Gasteiger partial charge in [0.15, 0.2) is 0 Å². The molecule has 55 heavy (non-hydrogen) atoms. The van der Waals surface area contributed by atoms with Crippen LogP contribution in [0.5, 0.6) is 0 Å². The molecule has 6 atom stereocenters. The number of amides is 6. The van der Waals surface area contributed by atoms with E-state index in [2.05, 4.69) is 36.1 Å². The number of hydrogen-bond acceptors (Lipinski definition) is 10. The molecule has 1 aromatic heterocycles. The highest BCUT2D eigenvalue weighted by Gasteiger charge is 2.64. The van der Waals surface area contributed by atoms with Crippen LogP contribution in [0.3, 0.4) is 0 Å². The molecule has 2 aliphatic carbocycles. The molecule has 1 spiro atoms. The molecule has 16 heteroatoms. The largest absolute Gasteiger partial charge is 0.347 e. The van der Waals surface area contributed by atoms with Gasteiger partial charge in [-0.1, -0.05) is 53.4 Å². The fourth-order valence-electron chi connectivity index (χ4n) is 8.94. The predicted molar refractivity (Wildman–Crippen MR) is 208 cm³/mol. The number of likely N-dealkylation sites (tertiary alicyclic amines) is 1. The summed E-state index contributed by atoms with van der Waals surface area (Å²) in [4.78, 5) is 110. The Balaban J connectivity index is 0.00000300. The van der Waals surface area contributed by atoms with Crippen LogP contribution in [-0.4, -0.2) is 128 Å². The maximum Gasteiger partial charge on any atom is 0.289 e. The van der Waals surface area contributed by atoms with E-state index in [1.807, 2.05) is 27.7 Å². The van der Waals surface area contributed by atoms with E-state index < -0.39 is 70.6 Å². The van der Waals surface area contributed by atoms with Gasteiger partial charge in [-0.05, 0) is 56.3 Å². The van der Waals surface area contributed by atoms with Crippen LogP contribution in [0.1, 0.15) is 121 Å². The molecule has 0 radical (unpaired) electrons. The van der Waals surface area contributed by atoms with Crippen molar-refractivity contribution in [3.8, 4) is 0 Å². The molecule has 5 unspecified atom stereocenters. The van der Waals surface area contributed by atoms with Crippen molar-refractivity contribution >= 4 is 41.2 Å². The van der Waals surface area contributed by atoms with Gasteiger partial charge in [0, 0.05) is 44.2 Å². The molecule has 5 aliphatic rings. The number of likely N-dealkylation sites (N-methyl/N-ethyl adjacent to an activating group) is 1. The summed E-state index contributed by atoms with van der Waals surface area (Å²) in [7, 11) is 1.70. The van der Waals surface area contributed by atoms with Gasteiger partial charge in [-0.15, -0.1) is 0 Å². The molecule has 0 aromatic carbocycles. The van der Waals surface area contributed by atoms with Crippen LogP contribution in [0, 0.1) is 11.3 Å². The predicted octanol–water partition coefficient (Wildman–Crippen LogP) is 2.04. The van der Waals surface area contributed by atoms with Crippen molar-refractivity contribution in [1.82, 2.24) is 45.9 Å². The topological polar surface area (TPSA) is 203 Å². The average Bonchev–Trinajstić information content (AvgIpc) is 3.60. The van der Waals surface area contributed by atoms with E-state index in [9.17, 15) is 28.8 Å². The van der Waals surface area contributed by atoms with E-state index in [0.29, 0.717) is 19.4 Å². The van der Waals surface area contributed by atoms with Crippen molar-refractivity contribution in [3.63, 3.8) is 0 Å². The third kappa shape index (κ3) is 8.38. The average molecular weight is 772 g/mol. The quantitative estimate of drug-likeness (QED) is 0.215. The van der Waals surface area contributed by atoms with E-state index in [4.69, 9.17) is 0 Å². The molecule has 5 fully saturated rings. The maximum atomic E-state index is 15.1. The SMILES string of the molecule is CCCC(NC(=O)C1CC2(CN1C(=O)C(NC(=O)[C@@H](NC(=O)c1cnccn1)C1CCCCC1)C(C)(C)C)N(C)C(=O)C1CCCN12)C(=O)C(=O)NC1CC1.[HH].[HH].[HH].[HH]. The second-order valence-corrected chi connectivity index (χ2v) is 17.1. The number of hydrogen-bond donors (Lipinski definition) is 4. The van der Waals surface area contributed by atoms with Crippen molar-refractivity contribution in [2.45, 2.75) is 147 Å². The van der Waals surface area contributed by atoms with Gasteiger partial charge < -0.3 is 31.1 Å². The number of carbonyl (C=O) groups is 7. The molecule has 308 valence electrons. The van der Waals surface area contributed by atoms with Crippen LogP contribution in [0.2, 0.25) is 0 Å². The lowest BCUT2D eigenvalue weighted by molar-refractivity contribution is -0.145. The van der Waals surface area contributed by atoms with E-state index in [1.165, 1.54) is 23.5 Å². The standard InChI is InChI=1S/C39H57N9O7.4H2/c1-6-11-25(30(49)35(53)42-24-15-16-24)43-33(51)28-20-39(46(5)36(54)27-14-10-19-48(27)39)22-47(28)37(55)31(38(2,3)4)45-34(52)29(23-12-8-7-9-13-23)44-32(50)26-21-40-17-18-41-26;;;;/h17-18,21,23-25,27-29,31H,6-16,19-20,22H2,1-5H3,(H,42,53)(H,43,51)(H,44,50)(H,45,52);4*1H/t25?,27?,28?,29-,31?,39?;;;;/m0..../s1. The minimum atomic E-state index is -1.14. The zero-order valence-corrected chi connectivity index (χ0v) is 32.8. The van der Waals surface area contributed by atoms with Gasteiger partial charge in [-0.25, -0.2) is 4.98 Å². The zero-order chi connectivity index (χ0) is 39.7.